The molecule has 160 valence electrons. The first kappa shape index (κ1) is 20.4. The lowest BCUT2D eigenvalue weighted by Gasteiger charge is -2.18. The first-order valence-electron chi connectivity index (χ1n) is 9.11. The fraction of sp³-hybridized carbons (Fsp3) is 0.200. The Bertz CT molecular complexity index is 1160. The number of hydrogen-bond donors (Lipinski definition) is 1. The molecule has 3 amide bonds. The molecule has 1 N–H and O–H groups in total. The number of para-hydroxylation sites is 1. The van der Waals surface area contributed by atoms with Crippen LogP contribution in [0.1, 0.15) is 32.0 Å². The molecule has 3 heterocycles. The predicted octanol–water partition coefficient (Wildman–Crippen LogP) is 3.14. The van der Waals surface area contributed by atoms with Crippen molar-refractivity contribution in [1.82, 2.24) is 20.1 Å². The van der Waals surface area contributed by atoms with Gasteiger partial charge in [-0.3, -0.25) is 24.4 Å². The van der Waals surface area contributed by atoms with Crippen molar-refractivity contribution in [3.05, 3.63) is 65.4 Å². The summed E-state index contributed by atoms with van der Waals surface area (Å²) in [7, 11) is 0. The normalized spacial score (nSPS) is 15.5. The van der Waals surface area contributed by atoms with Crippen LogP contribution in [0.2, 0.25) is 0 Å². The highest BCUT2D eigenvalue weighted by molar-refractivity contribution is 6.26. The van der Waals surface area contributed by atoms with E-state index in [1.807, 2.05) is 0 Å². The van der Waals surface area contributed by atoms with Crippen molar-refractivity contribution >= 4 is 28.8 Å². The van der Waals surface area contributed by atoms with E-state index in [1.165, 1.54) is 43.9 Å². The van der Waals surface area contributed by atoms with Gasteiger partial charge in [-0.25, -0.2) is 4.79 Å². The van der Waals surface area contributed by atoms with Crippen LogP contribution in [-0.2, 0) is 10.9 Å². The highest BCUT2D eigenvalue weighted by Gasteiger charge is 2.41. The Labute approximate surface area is 173 Å². The molecule has 0 saturated carbocycles. The van der Waals surface area contributed by atoms with E-state index in [4.69, 9.17) is 4.74 Å². The van der Waals surface area contributed by atoms with Crippen LogP contribution in [-0.4, -0.2) is 45.8 Å². The van der Waals surface area contributed by atoms with Gasteiger partial charge in [0.2, 0.25) is 0 Å². The summed E-state index contributed by atoms with van der Waals surface area (Å²) in [4.78, 5) is 43.7. The lowest BCUT2D eigenvalue weighted by molar-refractivity contribution is -0.136. The molecule has 4 rings (SSSR count). The van der Waals surface area contributed by atoms with E-state index < -0.39 is 35.2 Å². The van der Waals surface area contributed by atoms with E-state index in [0.717, 1.165) is 15.9 Å². The van der Waals surface area contributed by atoms with Crippen molar-refractivity contribution in [2.24, 2.45) is 0 Å². The largest absolute Gasteiger partial charge is 0.447 e. The highest BCUT2D eigenvalue weighted by atomic mass is 19.4. The summed E-state index contributed by atoms with van der Waals surface area (Å²) in [5.41, 5.74) is -1.53. The van der Waals surface area contributed by atoms with E-state index in [-0.39, 0.29) is 35.4 Å². The number of carbonyl (C=O) groups excluding carboxylic acids is 3. The van der Waals surface area contributed by atoms with Crippen molar-refractivity contribution in [2.45, 2.75) is 13.1 Å². The number of benzene rings is 1. The molecule has 0 aliphatic carbocycles. The zero-order valence-electron chi connectivity index (χ0n) is 16.1. The Hall–Kier alpha value is -3.89. The molecule has 0 spiro atoms. The minimum Gasteiger partial charge on any atom is -0.447 e. The minimum atomic E-state index is -4.67. The second-order valence-corrected chi connectivity index (χ2v) is 6.73. The highest BCUT2D eigenvalue weighted by Crippen LogP contribution is 2.38. The number of fused-ring (bicyclic) bond motifs is 3. The number of rotatable bonds is 3. The SMILES string of the molecule is Cc1nc2c(C(F)(F)F)cccc2c2c1C(=O)N(CCOC(=O)N1C=CNC=C1)C2=O. The second-order valence-electron chi connectivity index (χ2n) is 6.73. The van der Waals surface area contributed by atoms with Gasteiger partial charge in [0, 0.05) is 30.2 Å². The van der Waals surface area contributed by atoms with E-state index in [1.54, 1.807) is 0 Å². The molecule has 0 radical (unpaired) electrons. The molecule has 0 atom stereocenters. The van der Waals surface area contributed by atoms with Crippen LogP contribution in [0.3, 0.4) is 0 Å². The summed E-state index contributed by atoms with van der Waals surface area (Å²) < 4.78 is 45.2. The molecule has 0 unspecified atom stereocenters. The molecule has 8 nitrogen and oxygen atoms in total. The number of alkyl halides is 3. The first-order chi connectivity index (χ1) is 14.7. The van der Waals surface area contributed by atoms with Crippen LogP contribution in [0.4, 0.5) is 18.0 Å². The zero-order valence-corrected chi connectivity index (χ0v) is 16.1. The summed E-state index contributed by atoms with van der Waals surface area (Å²) in [6, 6.07) is 3.37. The Kier molecular flexibility index (Phi) is 4.88. The number of pyridine rings is 1. The lowest BCUT2D eigenvalue weighted by atomic mass is 10.00. The van der Waals surface area contributed by atoms with Gasteiger partial charge in [0.1, 0.15) is 6.61 Å². The molecule has 2 aromatic rings. The van der Waals surface area contributed by atoms with Crippen LogP contribution >= 0.6 is 0 Å². The molecule has 1 aromatic carbocycles. The summed E-state index contributed by atoms with van der Waals surface area (Å²) in [5, 5.41) is 2.69. The number of aryl methyl sites for hydroxylation is 1. The molecule has 1 aromatic heterocycles. The Balaban J connectivity index is 1.60. The zero-order chi connectivity index (χ0) is 22.3. The topological polar surface area (TPSA) is 91.8 Å². The summed E-state index contributed by atoms with van der Waals surface area (Å²) in [6.07, 6.45) is 0.458. The van der Waals surface area contributed by atoms with Crippen molar-refractivity contribution in [3.8, 4) is 0 Å². The number of hydrogen-bond acceptors (Lipinski definition) is 6. The molecular weight excluding hydrogens is 417 g/mol. The van der Waals surface area contributed by atoms with Crippen molar-refractivity contribution in [3.63, 3.8) is 0 Å². The summed E-state index contributed by atoms with van der Waals surface area (Å²) >= 11 is 0. The molecule has 2 aliphatic rings. The quantitative estimate of drug-likeness (QED) is 0.750. The monoisotopic (exact) mass is 432 g/mol. The average molecular weight is 432 g/mol. The van der Waals surface area contributed by atoms with Crippen molar-refractivity contribution < 1.29 is 32.3 Å². The molecule has 0 bridgehead atoms. The Morgan fingerprint density at radius 1 is 1.13 bits per heavy atom. The molecule has 11 heteroatoms. The second kappa shape index (κ2) is 7.42. The molecule has 0 saturated heterocycles. The maximum Gasteiger partial charge on any atom is 0.418 e. The molecular formula is C20H15F3N4O4. The smallest absolute Gasteiger partial charge is 0.418 e. The first-order valence-corrected chi connectivity index (χ1v) is 9.11. The maximum atomic E-state index is 13.4. The van der Waals surface area contributed by atoms with E-state index in [2.05, 4.69) is 10.3 Å². The number of carbonyl (C=O) groups is 3. The van der Waals surface area contributed by atoms with Gasteiger partial charge in [0.05, 0.1) is 34.4 Å². The van der Waals surface area contributed by atoms with E-state index in [9.17, 15) is 27.6 Å². The van der Waals surface area contributed by atoms with Gasteiger partial charge in [0.15, 0.2) is 0 Å². The standard InChI is InChI=1S/C20H15F3N4O4/c1-11-14-15(12-3-2-4-13(16(12)25-11)20(21,22)23)18(29)27(17(14)28)9-10-31-19(30)26-7-5-24-6-8-26/h2-8,24H,9-10H2,1H3. The number of nitrogens with one attached hydrogen (secondary N) is 1. The van der Waals surface area contributed by atoms with Gasteiger partial charge >= 0.3 is 12.3 Å². The number of nitrogens with zero attached hydrogens (tertiary/aromatic N) is 3. The Morgan fingerprint density at radius 3 is 2.48 bits per heavy atom. The van der Waals surface area contributed by atoms with Gasteiger partial charge in [-0.05, 0) is 13.0 Å². The van der Waals surface area contributed by atoms with Crippen LogP contribution in [0.15, 0.2) is 43.0 Å². The van der Waals surface area contributed by atoms with Gasteiger partial charge in [-0.2, -0.15) is 13.2 Å². The maximum absolute atomic E-state index is 13.4. The fourth-order valence-corrected chi connectivity index (χ4v) is 3.46. The predicted molar refractivity (Wildman–Crippen MR) is 101 cm³/mol. The summed E-state index contributed by atoms with van der Waals surface area (Å²) in [5.74, 6) is -1.45. The number of aromatic nitrogens is 1. The molecule has 31 heavy (non-hydrogen) atoms. The average Bonchev–Trinajstić information content (AvgIpc) is 2.99. The van der Waals surface area contributed by atoms with Gasteiger partial charge < -0.3 is 10.1 Å². The van der Waals surface area contributed by atoms with Crippen molar-refractivity contribution in [2.75, 3.05) is 13.2 Å². The minimum absolute atomic E-state index is 0.0214. The number of imide groups is 1. The van der Waals surface area contributed by atoms with Crippen LogP contribution in [0.5, 0.6) is 0 Å². The number of halogens is 3. The van der Waals surface area contributed by atoms with Crippen molar-refractivity contribution in [1.29, 1.82) is 0 Å². The molecule has 0 fully saturated rings. The van der Waals surface area contributed by atoms with E-state index in [0.29, 0.717) is 0 Å². The fourth-order valence-electron chi connectivity index (χ4n) is 3.46. The van der Waals surface area contributed by atoms with Crippen LogP contribution < -0.4 is 5.32 Å². The lowest BCUT2D eigenvalue weighted by Crippen LogP contribution is -2.34. The van der Waals surface area contributed by atoms with Gasteiger partial charge in [-0.1, -0.05) is 12.1 Å². The third-order valence-electron chi connectivity index (χ3n) is 4.83. The number of ether oxygens (including phenoxy) is 1. The summed E-state index contributed by atoms with van der Waals surface area (Å²) in [6.45, 7) is 0.842. The van der Waals surface area contributed by atoms with Gasteiger partial charge in [-0.15, -0.1) is 0 Å². The van der Waals surface area contributed by atoms with Crippen LogP contribution in [0.25, 0.3) is 10.9 Å². The third-order valence-corrected chi connectivity index (χ3v) is 4.83. The number of amides is 3. The van der Waals surface area contributed by atoms with Gasteiger partial charge in [0.25, 0.3) is 11.8 Å². The van der Waals surface area contributed by atoms with E-state index >= 15 is 0 Å². The molecule has 2 aliphatic heterocycles. The van der Waals surface area contributed by atoms with Crippen LogP contribution in [0, 0.1) is 6.92 Å². The Morgan fingerprint density at radius 2 is 1.81 bits per heavy atom. The third kappa shape index (κ3) is 3.47.